The predicted octanol–water partition coefficient (Wildman–Crippen LogP) is 3.08. The average Bonchev–Trinajstić information content (AvgIpc) is 2.14. The molecule has 0 aromatic heterocycles. The topological polar surface area (TPSA) is 35.2 Å². The summed E-state index contributed by atoms with van der Waals surface area (Å²) in [6, 6.07) is 5.13. The smallest absolute Gasteiger partial charge is 0.272 e. The highest BCUT2D eigenvalue weighted by Gasteiger charge is 2.07. The summed E-state index contributed by atoms with van der Waals surface area (Å²) in [5, 5.41) is 0. The molecule has 0 fully saturated rings. The lowest BCUT2D eigenvalue weighted by atomic mass is 10.0. The van der Waals surface area contributed by atoms with Crippen LogP contribution in [0.4, 0.5) is 8.78 Å². The Labute approximate surface area is 100 Å². The molecule has 0 saturated carbocycles. The first-order chi connectivity index (χ1) is 7.00. The standard InChI is InChI=1S/C11H15F2NO.ClH/c1-7-5-9(15-6-11(12)13)3-4-10(7)8(2)14;/h3-5,8,11H,6,14H2,1-2H3;1H. The summed E-state index contributed by atoms with van der Waals surface area (Å²) in [5.41, 5.74) is 7.68. The van der Waals surface area contributed by atoms with Gasteiger partial charge in [-0.25, -0.2) is 8.78 Å². The van der Waals surface area contributed by atoms with E-state index in [1.165, 1.54) is 0 Å². The van der Waals surface area contributed by atoms with Crippen LogP contribution in [0, 0.1) is 6.92 Å². The van der Waals surface area contributed by atoms with Gasteiger partial charge in [-0.3, -0.25) is 0 Å². The van der Waals surface area contributed by atoms with Crippen molar-refractivity contribution < 1.29 is 13.5 Å². The van der Waals surface area contributed by atoms with E-state index in [1.807, 2.05) is 13.8 Å². The monoisotopic (exact) mass is 251 g/mol. The van der Waals surface area contributed by atoms with Crippen molar-refractivity contribution in [3.05, 3.63) is 29.3 Å². The molecule has 0 radical (unpaired) electrons. The van der Waals surface area contributed by atoms with E-state index in [2.05, 4.69) is 0 Å². The van der Waals surface area contributed by atoms with Crippen LogP contribution in [0.2, 0.25) is 0 Å². The third kappa shape index (κ3) is 4.33. The van der Waals surface area contributed by atoms with Crippen LogP contribution in [0.25, 0.3) is 0 Å². The van der Waals surface area contributed by atoms with Gasteiger partial charge in [-0.15, -0.1) is 12.4 Å². The molecule has 0 spiro atoms. The first-order valence-electron chi connectivity index (χ1n) is 4.77. The number of hydrogen-bond acceptors (Lipinski definition) is 2. The normalized spacial score (nSPS) is 12.1. The minimum absolute atomic E-state index is 0. The van der Waals surface area contributed by atoms with Gasteiger partial charge in [0, 0.05) is 6.04 Å². The Hall–Kier alpha value is -0.870. The van der Waals surface area contributed by atoms with Crippen LogP contribution in [0.3, 0.4) is 0 Å². The number of benzene rings is 1. The Balaban J connectivity index is 0.00000225. The van der Waals surface area contributed by atoms with Crippen LogP contribution in [0.5, 0.6) is 5.75 Å². The number of ether oxygens (including phenoxy) is 1. The van der Waals surface area contributed by atoms with E-state index < -0.39 is 13.0 Å². The maximum Gasteiger partial charge on any atom is 0.272 e. The van der Waals surface area contributed by atoms with Crippen molar-refractivity contribution in [1.29, 1.82) is 0 Å². The van der Waals surface area contributed by atoms with E-state index in [0.29, 0.717) is 5.75 Å². The highest BCUT2D eigenvalue weighted by Crippen LogP contribution is 2.21. The molecule has 5 heteroatoms. The van der Waals surface area contributed by atoms with Gasteiger partial charge in [-0.1, -0.05) is 6.07 Å². The molecule has 1 aromatic rings. The minimum Gasteiger partial charge on any atom is -0.488 e. The van der Waals surface area contributed by atoms with Gasteiger partial charge < -0.3 is 10.5 Å². The molecule has 0 aliphatic carbocycles. The Kier molecular flexibility index (Phi) is 6.29. The molecule has 1 unspecified atom stereocenters. The lowest BCUT2D eigenvalue weighted by molar-refractivity contribution is 0.0818. The molecule has 0 aliphatic heterocycles. The molecule has 1 aromatic carbocycles. The van der Waals surface area contributed by atoms with Crippen molar-refractivity contribution >= 4 is 12.4 Å². The molecule has 92 valence electrons. The van der Waals surface area contributed by atoms with Gasteiger partial charge in [0.2, 0.25) is 0 Å². The molecule has 2 N–H and O–H groups in total. The summed E-state index contributed by atoms with van der Waals surface area (Å²) in [5.74, 6) is 0.456. The van der Waals surface area contributed by atoms with Crippen molar-refractivity contribution in [2.24, 2.45) is 5.73 Å². The number of halogens is 3. The van der Waals surface area contributed by atoms with Crippen LogP contribution in [0.15, 0.2) is 18.2 Å². The first-order valence-corrected chi connectivity index (χ1v) is 4.77. The highest BCUT2D eigenvalue weighted by atomic mass is 35.5. The molecule has 2 nitrogen and oxygen atoms in total. The molecule has 1 rings (SSSR count). The molecular weight excluding hydrogens is 236 g/mol. The van der Waals surface area contributed by atoms with E-state index in [4.69, 9.17) is 10.5 Å². The number of hydrogen-bond donors (Lipinski definition) is 1. The fraction of sp³-hybridized carbons (Fsp3) is 0.455. The maximum atomic E-state index is 11.9. The number of aryl methyl sites for hydroxylation is 1. The molecule has 16 heavy (non-hydrogen) atoms. The second-order valence-corrected chi connectivity index (χ2v) is 3.51. The summed E-state index contributed by atoms with van der Waals surface area (Å²) in [6.45, 7) is 3.19. The number of rotatable bonds is 4. The first kappa shape index (κ1) is 15.1. The summed E-state index contributed by atoms with van der Waals surface area (Å²) in [4.78, 5) is 0. The van der Waals surface area contributed by atoms with Gasteiger partial charge in [0.05, 0.1) is 0 Å². The summed E-state index contributed by atoms with van der Waals surface area (Å²) < 4.78 is 28.7. The van der Waals surface area contributed by atoms with Crippen molar-refractivity contribution in [2.75, 3.05) is 6.61 Å². The Morgan fingerprint density at radius 1 is 1.38 bits per heavy atom. The van der Waals surface area contributed by atoms with E-state index >= 15 is 0 Å². The van der Waals surface area contributed by atoms with Crippen LogP contribution in [0.1, 0.15) is 24.1 Å². The summed E-state index contributed by atoms with van der Waals surface area (Å²) >= 11 is 0. The van der Waals surface area contributed by atoms with Crippen molar-refractivity contribution in [3.8, 4) is 5.75 Å². The molecule has 0 heterocycles. The molecule has 0 aliphatic rings. The van der Waals surface area contributed by atoms with E-state index in [0.717, 1.165) is 11.1 Å². The second kappa shape index (κ2) is 6.66. The van der Waals surface area contributed by atoms with Gasteiger partial charge in [0.15, 0.2) is 0 Å². The van der Waals surface area contributed by atoms with Gasteiger partial charge in [-0.2, -0.15) is 0 Å². The number of alkyl halides is 2. The van der Waals surface area contributed by atoms with Crippen molar-refractivity contribution in [1.82, 2.24) is 0 Å². The quantitative estimate of drug-likeness (QED) is 0.893. The number of nitrogens with two attached hydrogens (primary N) is 1. The SMILES string of the molecule is Cc1cc(OCC(F)F)ccc1C(C)N.Cl. The molecule has 0 bridgehead atoms. The molecule has 0 saturated heterocycles. The van der Waals surface area contributed by atoms with Crippen molar-refractivity contribution in [2.45, 2.75) is 26.3 Å². The van der Waals surface area contributed by atoms with Crippen molar-refractivity contribution in [3.63, 3.8) is 0 Å². The van der Waals surface area contributed by atoms with Gasteiger partial charge in [0.1, 0.15) is 12.4 Å². The van der Waals surface area contributed by atoms with E-state index in [1.54, 1.807) is 18.2 Å². The van der Waals surface area contributed by atoms with Crippen LogP contribution < -0.4 is 10.5 Å². The van der Waals surface area contributed by atoms with Gasteiger partial charge >= 0.3 is 0 Å². The zero-order valence-corrected chi connectivity index (χ0v) is 10.1. The third-order valence-electron chi connectivity index (χ3n) is 2.11. The van der Waals surface area contributed by atoms with Gasteiger partial charge in [0.25, 0.3) is 6.43 Å². The minimum atomic E-state index is -2.45. The summed E-state index contributed by atoms with van der Waals surface area (Å²) in [7, 11) is 0. The second-order valence-electron chi connectivity index (χ2n) is 3.51. The van der Waals surface area contributed by atoms with Crippen LogP contribution in [-0.4, -0.2) is 13.0 Å². The third-order valence-corrected chi connectivity index (χ3v) is 2.11. The van der Waals surface area contributed by atoms with Gasteiger partial charge in [-0.05, 0) is 37.1 Å². The maximum absolute atomic E-state index is 11.9. The molecular formula is C11H16ClF2NO. The Morgan fingerprint density at radius 3 is 2.44 bits per heavy atom. The fourth-order valence-corrected chi connectivity index (χ4v) is 1.41. The van der Waals surface area contributed by atoms with Crippen LogP contribution >= 0.6 is 12.4 Å². The largest absolute Gasteiger partial charge is 0.488 e. The average molecular weight is 252 g/mol. The highest BCUT2D eigenvalue weighted by molar-refractivity contribution is 5.85. The lowest BCUT2D eigenvalue weighted by Crippen LogP contribution is -2.09. The van der Waals surface area contributed by atoms with Crippen LogP contribution in [-0.2, 0) is 0 Å². The Bertz CT molecular complexity index is 332. The molecule has 0 amide bonds. The zero-order valence-electron chi connectivity index (χ0n) is 9.24. The van der Waals surface area contributed by atoms with E-state index in [9.17, 15) is 8.78 Å². The van der Waals surface area contributed by atoms with E-state index in [-0.39, 0.29) is 18.4 Å². The Morgan fingerprint density at radius 2 is 2.00 bits per heavy atom. The molecule has 1 atom stereocenters. The zero-order chi connectivity index (χ0) is 11.4. The fourth-order valence-electron chi connectivity index (χ4n) is 1.41. The lowest BCUT2D eigenvalue weighted by Gasteiger charge is -2.12. The predicted molar refractivity (Wildman–Crippen MR) is 62.5 cm³/mol. The summed E-state index contributed by atoms with van der Waals surface area (Å²) in [6.07, 6.45) is -2.45.